The molecule has 0 amide bonds. The van der Waals surface area contributed by atoms with Crippen molar-refractivity contribution in [3.8, 4) is 0 Å². The monoisotopic (exact) mass is 254 g/mol. The van der Waals surface area contributed by atoms with E-state index in [2.05, 4.69) is 0 Å². The van der Waals surface area contributed by atoms with Crippen molar-refractivity contribution in [3.63, 3.8) is 0 Å². The van der Waals surface area contributed by atoms with E-state index in [9.17, 15) is 19.8 Å². The fraction of sp³-hybridized carbons (Fsp3) is 0. The van der Waals surface area contributed by atoms with Crippen molar-refractivity contribution in [2.75, 3.05) is 0 Å². The number of carbonyl (C=O) groups excluding carboxylic acids is 2. The molecule has 0 fully saturated rings. The first-order valence-electron chi connectivity index (χ1n) is 4.55. The Bertz CT molecular complexity index is 540. The minimum atomic E-state index is -1.33. The molecule has 17 heavy (non-hydrogen) atoms. The van der Waals surface area contributed by atoms with Crippen molar-refractivity contribution in [2.24, 2.45) is 0 Å². The number of hydrogen-bond acceptors (Lipinski definition) is 4. The van der Waals surface area contributed by atoms with Gasteiger partial charge in [0.25, 0.3) is 0 Å². The van der Waals surface area contributed by atoms with E-state index in [-0.39, 0.29) is 48.9 Å². The third-order valence-electron chi connectivity index (χ3n) is 2.36. The Balaban J connectivity index is 0.00000144. The summed E-state index contributed by atoms with van der Waals surface area (Å²) in [7, 11) is 0. The van der Waals surface area contributed by atoms with Crippen LogP contribution < -0.4 is 10.2 Å². The van der Waals surface area contributed by atoms with E-state index in [1.807, 2.05) is 0 Å². The SMILES string of the molecule is O=C([O-])c1ccc(C(=O)[O-])c2ccccc12.[Ca+2]. The van der Waals surface area contributed by atoms with Crippen LogP contribution in [0.15, 0.2) is 36.4 Å². The normalized spacial score (nSPS) is 9.65. The molecule has 0 spiro atoms. The summed E-state index contributed by atoms with van der Waals surface area (Å²) in [6.07, 6.45) is 0. The molecule has 0 aliphatic carbocycles. The molecule has 5 heteroatoms. The first-order valence-corrected chi connectivity index (χ1v) is 4.55. The largest absolute Gasteiger partial charge is 2.00 e. The van der Waals surface area contributed by atoms with Gasteiger partial charge in [0.05, 0.1) is 11.9 Å². The molecular weight excluding hydrogens is 248 g/mol. The molecule has 0 N–H and O–H groups in total. The fourth-order valence-electron chi connectivity index (χ4n) is 1.66. The van der Waals surface area contributed by atoms with Gasteiger partial charge in [0.2, 0.25) is 0 Å². The summed E-state index contributed by atoms with van der Waals surface area (Å²) < 4.78 is 0. The van der Waals surface area contributed by atoms with Crippen molar-refractivity contribution < 1.29 is 19.8 Å². The molecular formula is C12H6CaO4. The van der Waals surface area contributed by atoms with Crippen LogP contribution in [0.5, 0.6) is 0 Å². The van der Waals surface area contributed by atoms with Gasteiger partial charge in [0.1, 0.15) is 0 Å². The number of hydrogen-bond donors (Lipinski definition) is 0. The van der Waals surface area contributed by atoms with Crippen molar-refractivity contribution in [2.45, 2.75) is 0 Å². The predicted molar refractivity (Wildman–Crippen MR) is 58.4 cm³/mol. The van der Waals surface area contributed by atoms with E-state index < -0.39 is 11.9 Å². The number of fused-ring (bicyclic) bond motifs is 1. The number of aromatic carboxylic acids is 2. The van der Waals surface area contributed by atoms with Crippen LogP contribution in [0.1, 0.15) is 20.7 Å². The van der Waals surface area contributed by atoms with Gasteiger partial charge in [-0.3, -0.25) is 0 Å². The van der Waals surface area contributed by atoms with Crippen molar-refractivity contribution in [1.29, 1.82) is 0 Å². The third-order valence-corrected chi connectivity index (χ3v) is 2.36. The standard InChI is InChI=1S/C12H8O4.Ca/c13-11(14)9-5-6-10(12(15)16)8-4-2-1-3-7(8)9;/h1-6H,(H,13,14)(H,15,16);/q;+2/p-2. The second-order valence-electron chi connectivity index (χ2n) is 3.28. The van der Waals surface area contributed by atoms with Gasteiger partial charge >= 0.3 is 37.7 Å². The second-order valence-corrected chi connectivity index (χ2v) is 3.28. The molecule has 0 bridgehead atoms. The number of rotatable bonds is 2. The number of carboxylic acids is 2. The Hall–Kier alpha value is -1.10. The second kappa shape index (κ2) is 5.49. The molecule has 0 heterocycles. The number of benzene rings is 2. The molecule has 2 rings (SSSR count). The van der Waals surface area contributed by atoms with Crippen LogP contribution in [0, 0.1) is 0 Å². The molecule has 0 atom stereocenters. The zero-order chi connectivity index (χ0) is 11.7. The van der Waals surface area contributed by atoms with Crippen LogP contribution in [0.2, 0.25) is 0 Å². The van der Waals surface area contributed by atoms with Gasteiger partial charge < -0.3 is 19.8 Å². The minimum absolute atomic E-state index is 0. The summed E-state index contributed by atoms with van der Waals surface area (Å²) in [5.41, 5.74) is -0.0544. The maximum Gasteiger partial charge on any atom is 2.00 e. The molecule has 0 aliphatic heterocycles. The van der Waals surface area contributed by atoms with E-state index in [0.717, 1.165) is 0 Å². The van der Waals surface area contributed by atoms with Crippen LogP contribution in [-0.4, -0.2) is 49.7 Å². The van der Waals surface area contributed by atoms with Crippen LogP contribution in [0.3, 0.4) is 0 Å². The minimum Gasteiger partial charge on any atom is -0.545 e. The Kier molecular flexibility index (Phi) is 4.51. The van der Waals surface area contributed by atoms with Crippen molar-refractivity contribution in [3.05, 3.63) is 47.5 Å². The Morgan fingerprint density at radius 2 is 1.12 bits per heavy atom. The fourth-order valence-corrected chi connectivity index (χ4v) is 1.66. The first-order chi connectivity index (χ1) is 7.61. The van der Waals surface area contributed by atoms with Gasteiger partial charge in [-0.2, -0.15) is 0 Å². The summed E-state index contributed by atoms with van der Waals surface area (Å²) in [6, 6.07) is 8.76. The molecule has 4 nitrogen and oxygen atoms in total. The number of carboxylic acid groups (broad SMARTS) is 2. The molecule has 0 aromatic heterocycles. The predicted octanol–water partition coefficient (Wildman–Crippen LogP) is -0.814. The third kappa shape index (κ3) is 2.60. The van der Waals surface area contributed by atoms with Gasteiger partial charge in [0.15, 0.2) is 0 Å². The van der Waals surface area contributed by atoms with Crippen molar-refractivity contribution in [1.82, 2.24) is 0 Å². The average Bonchev–Trinajstić information content (AvgIpc) is 2.27. The molecule has 80 valence electrons. The molecule has 0 saturated carbocycles. The van der Waals surface area contributed by atoms with E-state index in [0.29, 0.717) is 10.8 Å². The van der Waals surface area contributed by atoms with E-state index in [1.54, 1.807) is 12.1 Å². The van der Waals surface area contributed by atoms with Gasteiger partial charge in [-0.1, -0.05) is 36.4 Å². The quantitative estimate of drug-likeness (QED) is 0.656. The zero-order valence-electron chi connectivity index (χ0n) is 8.80. The summed E-state index contributed by atoms with van der Waals surface area (Å²) in [5.74, 6) is -2.66. The van der Waals surface area contributed by atoms with Crippen LogP contribution >= 0.6 is 0 Å². The Morgan fingerprint density at radius 3 is 1.41 bits per heavy atom. The maximum absolute atomic E-state index is 10.8. The zero-order valence-corrected chi connectivity index (χ0v) is 11.0. The Labute approximate surface area is 127 Å². The first kappa shape index (κ1) is 14.0. The smallest absolute Gasteiger partial charge is 0.545 e. The van der Waals surface area contributed by atoms with Gasteiger partial charge in [-0.15, -0.1) is 0 Å². The summed E-state index contributed by atoms with van der Waals surface area (Å²) >= 11 is 0. The van der Waals surface area contributed by atoms with Crippen molar-refractivity contribution >= 4 is 60.4 Å². The topological polar surface area (TPSA) is 80.3 Å². The average molecular weight is 254 g/mol. The summed E-state index contributed by atoms with van der Waals surface area (Å²) in [6.45, 7) is 0. The Morgan fingerprint density at radius 1 is 0.765 bits per heavy atom. The molecule has 0 radical (unpaired) electrons. The molecule has 2 aromatic rings. The number of carbonyl (C=O) groups is 2. The summed E-state index contributed by atoms with van der Waals surface area (Å²) in [5, 5.41) is 22.3. The maximum atomic E-state index is 10.8. The van der Waals surface area contributed by atoms with E-state index >= 15 is 0 Å². The van der Waals surface area contributed by atoms with Gasteiger partial charge in [-0.05, 0) is 10.8 Å². The molecule has 2 aromatic carbocycles. The van der Waals surface area contributed by atoms with Gasteiger partial charge in [0, 0.05) is 11.1 Å². The van der Waals surface area contributed by atoms with Crippen LogP contribution in [-0.2, 0) is 0 Å². The van der Waals surface area contributed by atoms with Crippen LogP contribution in [0.25, 0.3) is 10.8 Å². The van der Waals surface area contributed by atoms with Gasteiger partial charge in [-0.25, -0.2) is 0 Å². The van der Waals surface area contributed by atoms with Crippen LogP contribution in [0.4, 0.5) is 0 Å². The van der Waals surface area contributed by atoms with E-state index in [4.69, 9.17) is 0 Å². The van der Waals surface area contributed by atoms with E-state index in [1.165, 1.54) is 24.3 Å². The summed E-state index contributed by atoms with van der Waals surface area (Å²) in [4.78, 5) is 21.6. The molecule has 0 aliphatic rings. The molecule has 0 saturated heterocycles. The molecule has 0 unspecified atom stereocenters.